The number of ether oxygens (including phenoxy) is 1. The molecule has 5 nitrogen and oxygen atoms in total. The molecular weight excluding hydrogens is 328 g/mol. The van der Waals surface area contributed by atoms with E-state index in [2.05, 4.69) is 10.3 Å². The van der Waals surface area contributed by atoms with Crippen molar-refractivity contribution in [3.8, 4) is 0 Å². The van der Waals surface area contributed by atoms with Gasteiger partial charge < -0.3 is 15.0 Å². The van der Waals surface area contributed by atoms with Gasteiger partial charge in [-0.05, 0) is 36.8 Å². The van der Waals surface area contributed by atoms with Gasteiger partial charge in [0.25, 0.3) is 5.91 Å². The van der Waals surface area contributed by atoms with Crippen molar-refractivity contribution >= 4 is 40.1 Å². The van der Waals surface area contributed by atoms with Gasteiger partial charge in [0, 0.05) is 27.8 Å². The minimum absolute atomic E-state index is 0.361. The molecule has 122 valence electrons. The maximum Gasteiger partial charge on any atom is 0.340 e. The minimum atomic E-state index is -0.546. The molecule has 0 bridgehead atoms. The molecule has 0 saturated carbocycles. The van der Waals surface area contributed by atoms with Gasteiger partial charge in [0.1, 0.15) is 0 Å². The number of carbonyl (C=O) groups is 2. The van der Waals surface area contributed by atoms with E-state index in [-0.39, 0.29) is 6.61 Å². The number of nitrogens with one attached hydrogen (secondary N) is 2. The van der Waals surface area contributed by atoms with Gasteiger partial charge >= 0.3 is 5.97 Å². The minimum Gasteiger partial charge on any atom is -0.452 e. The summed E-state index contributed by atoms with van der Waals surface area (Å²) < 4.78 is 5.10. The number of hydrogen-bond acceptors (Lipinski definition) is 3. The van der Waals surface area contributed by atoms with Crippen molar-refractivity contribution in [1.29, 1.82) is 0 Å². The first-order valence-electron chi connectivity index (χ1n) is 7.34. The van der Waals surface area contributed by atoms with Crippen molar-refractivity contribution in [3.05, 3.63) is 64.8 Å². The summed E-state index contributed by atoms with van der Waals surface area (Å²) in [6, 6.07) is 12.5. The molecule has 3 rings (SSSR count). The Balaban J connectivity index is 1.62. The number of amides is 1. The van der Waals surface area contributed by atoms with Gasteiger partial charge in [-0.15, -0.1) is 0 Å². The van der Waals surface area contributed by atoms with Crippen LogP contribution in [0.2, 0.25) is 5.02 Å². The molecule has 6 heteroatoms. The van der Waals surface area contributed by atoms with Crippen LogP contribution in [0, 0.1) is 6.92 Å². The molecule has 1 amide bonds. The second kappa shape index (κ2) is 6.76. The molecule has 1 aromatic heterocycles. The number of H-pyrrole nitrogens is 1. The molecule has 0 aliphatic heterocycles. The van der Waals surface area contributed by atoms with Crippen molar-refractivity contribution in [2.24, 2.45) is 0 Å². The fourth-order valence-corrected chi connectivity index (χ4v) is 2.63. The quantitative estimate of drug-likeness (QED) is 0.706. The second-order valence-corrected chi connectivity index (χ2v) is 5.77. The van der Waals surface area contributed by atoms with Gasteiger partial charge in [-0.1, -0.05) is 29.8 Å². The zero-order valence-corrected chi connectivity index (χ0v) is 13.7. The first kappa shape index (κ1) is 16.1. The molecule has 0 aliphatic rings. The third kappa shape index (κ3) is 3.41. The van der Waals surface area contributed by atoms with Crippen molar-refractivity contribution in [1.82, 2.24) is 4.98 Å². The van der Waals surface area contributed by atoms with E-state index in [0.29, 0.717) is 16.3 Å². The smallest absolute Gasteiger partial charge is 0.340 e. The van der Waals surface area contributed by atoms with E-state index in [0.717, 1.165) is 16.5 Å². The molecule has 0 aliphatic carbocycles. The summed E-state index contributed by atoms with van der Waals surface area (Å²) in [6.45, 7) is 1.47. The Bertz CT molecular complexity index is 918. The van der Waals surface area contributed by atoms with Gasteiger partial charge in [0.15, 0.2) is 6.61 Å². The predicted molar refractivity (Wildman–Crippen MR) is 93.4 cm³/mol. The molecule has 0 spiro atoms. The summed E-state index contributed by atoms with van der Waals surface area (Å²) >= 11 is 5.88. The molecule has 2 N–H and O–H groups in total. The number of aromatic nitrogens is 1. The molecule has 0 atom stereocenters. The number of fused-ring (bicyclic) bond motifs is 1. The van der Waals surface area contributed by atoms with Gasteiger partial charge in [-0.3, -0.25) is 4.79 Å². The highest BCUT2D eigenvalue weighted by molar-refractivity contribution is 6.30. The summed E-state index contributed by atoms with van der Waals surface area (Å²) in [5, 5.41) is 4.05. The lowest BCUT2D eigenvalue weighted by atomic mass is 10.2. The number of esters is 1. The fraction of sp³-hybridized carbons (Fsp3) is 0.111. The molecule has 3 aromatic rings. The van der Waals surface area contributed by atoms with Crippen molar-refractivity contribution in [2.75, 3.05) is 11.9 Å². The summed E-state index contributed by atoms with van der Waals surface area (Å²) in [6.07, 6.45) is 1.58. The zero-order chi connectivity index (χ0) is 17.1. The Hall–Kier alpha value is -2.79. The van der Waals surface area contributed by atoms with Gasteiger partial charge in [-0.25, -0.2) is 4.79 Å². The number of hydrogen-bond donors (Lipinski definition) is 2. The third-order valence-corrected chi connectivity index (χ3v) is 3.84. The van der Waals surface area contributed by atoms with Crippen LogP contribution in [-0.4, -0.2) is 23.5 Å². The van der Waals surface area contributed by atoms with Crippen LogP contribution >= 0.6 is 11.6 Å². The molecular formula is C18H15ClN2O3. The van der Waals surface area contributed by atoms with Crippen LogP contribution in [0.3, 0.4) is 0 Å². The normalized spacial score (nSPS) is 10.6. The van der Waals surface area contributed by atoms with Crippen LogP contribution in [0.5, 0.6) is 0 Å². The molecule has 2 aromatic carbocycles. The Morgan fingerprint density at radius 3 is 2.79 bits per heavy atom. The Labute approximate surface area is 143 Å². The first-order valence-corrected chi connectivity index (χ1v) is 7.71. The van der Waals surface area contributed by atoms with E-state index in [4.69, 9.17) is 16.3 Å². The molecule has 0 unspecified atom stereocenters. The van der Waals surface area contributed by atoms with Crippen LogP contribution in [0.4, 0.5) is 5.69 Å². The van der Waals surface area contributed by atoms with Crippen LogP contribution in [-0.2, 0) is 9.53 Å². The van der Waals surface area contributed by atoms with E-state index in [1.54, 1.807) is 24.4 Å². The number of aryl methyl sites for hydroxylation is 1. The van der Waals surface area contributed by atoms with Crippen molar-refractivity contribution in [3.63, 3.8) is 0 Å². The number of benzene rings is 2. The first-order chi connectivity index (χ1) is 11.5. The van der Waals surface area contributed by atoms with Gasteiger partial charge in [0.2, 0.25) is 0 Å². The molecule has 0 fully saturated rings. The molecule has 24 heavy (non-hydrogen) atoms. The fourth-order valence-electron chi connectivity index (χ4n) is 2.40. The van der Waals surface area contributed by atoms with E-state index >= 15 is 0 Å². The molecule has 0 radical (unpaired) electrons. The van der Waals surface area contributed by atoms with Crippen LogP contribution < -0.4 is 5.32 Å². The van der Waals surface area contributed by atoms with E-state index < -0.39 is 11.9 Å². The largest absolute Gasteiger partial charge is 0.452 e. The summed E-state index contributed by atoms with van der Waals surface area (Å²) in [4.78, 5) is 27.1. The number of carbonyl (C=O) groups excluding carboxylic acids is 2. The number of para-hydroxylation sites is 1. The highest BCUT2D eigenvalue weighted by atomic mass is 35.5. The summed E-state index contributed by atoms with van der Waals surface area (Å²) in [5.74, 6) is -0.955. The average molecular weight is 343 g/mol. The highest BCUT2D eigenvalue weighted by Gasteiger charge is 2.15. The number of anilines is 1. The maximum absolute atomic E-state index is 12.1. The Morgan fingerprint density at radius 1 is 1.21 bits per heavy atom. The lowest BCUT2D eigenvalue weighted by molar-refractivity contribution is -0.119. The average Bonchev–Trinajstić information content (AvgIpc) is 2.99. The predicted octanol–water partition coefficient (Wildman–Crippen LogP) is 3.93. The zero-order valence-electron chi connectivity index (χ0n) is 12.9. The standard InChI is InChI=1S/C18H15ClN2O3/c1-11-8-12(19)6-7-15(11)21-17(22)10-24-18(23)14-9-20-16-5-3-2-4-13(14)16/h2-9,20H,10H2,1H3,(H,21,22). The van der Waals surface area contributed by atoms with E-state index in [1.807, 2.05) is 31.2 Å². The Morgan fingerprint density at radius 2 is 2.00 bits per heavy atom. The Kier molecular flexibility index (Phi) is 4.53. The second-order valence-electron chi connectivity index (χ2n) is 5.33. The third-order valence-electron chi connectivity index (χ3n) is 3.61. The van der Waals surface area contributed by atoms with Crippen LogP contribution in [0.1, 0.15) is 15.9 Å². The maximum atomic E-state index is 12.1. The lowest BCUT2D eigenvalue weighted by Crippen LogP contribution is -2.21. The van der Waals surface area contributed by atoms with Crippen molar-refractivity contribution in [2.45, 2.75) is 6.92 Å². The monoisotopic (exact) mass is 342 g/mol. The van der Waals surface area contributed by atoms with E-state index in [9.17, 15) is 9.59 Å². The SMILES string of the molecule is Cc1cc(Cl)ccc1NC(=O)COC(=O)c1c[nH]c2ccccc12. The van der Waals surface area contributed by atoms with Gasteiger partial charge in [0.05, 0.1) is 5.56 Å². The van der Waals surface area contributed by atoms with Crippen molar-refractivity contribution < 1.29 is 14.3 Å². The van der Waals surface area contributed by atoms with Crippen LogP contribution in [0.25, 0.3) is 10.9 Å². The number of aromatic amines is 1. The number of rotatable bonds is 4. The summed E-state index contributed by atoms with van der Waals surface area (Å²) in [5.41, 5.74) is 2.71. The topological polar surface area (TPSA) is 71.2 Å². The number of halogens is 1. The molecule has 1 heterocycles. The van der Waals surface area contributed by atoms with Crippen LogP contribution in [0.15, 0.2) is 48.7 Å². The highest BCUT2D eigenvalue weighted by Crippen LogP contribution is 2.20. The van der Waals surface area contributed by atoms with Gasteiger partial charge in [-0.2, -0.15) is 0 Å². The lowest BCUT2D eigenvalue weighted by Gasteiger charge is -2.09. The van der Waals surface area contributed by atoms with E-state index in [1.165, 1.54) is 0 Å². The summed E-state index contributed by atoms with van der Waals surface area (Å²) in [7, 11) is 0. The molecule has 0 saturated heterocycles.